The Morgan fingerprint density at radius 1 is 0.367 bits per heavy atom. The highest BCUT2D eigenvalue weighted by Crippen LogP contribution is 2.19. The number of rotatable bonds is 48. The second-order valence-electron chi connectivity index (χ2n) is 18.0. The summed E-state index contributed by atoms with van der Waals surface area (Å²) in [6.45, 7) is 6.74. The summed E-state index contributed by atoms with van der Waals surface area (Å²) < 4.78 is 12.0. The first kappa shape index (κ1) is 57.9. The molecule has 6 nitrogen and oxygen atoms in total. The molecule has 0 rings (SSSR count). The van der Waals surface area contributed by atoms with Crippen molar-refractivity contribution in [2.45, 2.75) is 303 Å². The molecule has 0 aliphatic carbocycles. The summed E-state index contributed by atoms with van der Waals surface area (Å²) in [6, 6.07) is 0. The van der Waals surface area contributed by atoms with Crippen LogP contribution in [0.5, 0.6) is 0 Å². The van der Waals surface area contributed by atoms with Crippen molar-refractivity contribution >= 4 is 17.9 Å². The Morgan fingerprint density at radius 2 is 0.667 bits per heavy atom. The lowest BCUT2D eigenvalue weighted by molar-refractivity contribution is -0.150. The van der Waals surface area contributed by atoms with Crippen LogP contribution in [-0.2, 0) is 23.9 Å². The molecule has 0 spiro atoms. The van der Waals surface area contributed by atoms with Crippen molar-refractivity contribution in [1.82, 2.24) is 0 Å². The van der Waals surface area contributed by atoms with Gasteiger partial charge in [0.1, 0.15) is 12.2 Å². The molecule has 0 aliphatic heterocycles. The van der Waals surface area contributed by atoms with E-state index < -0.39 is 5.97 Å². The van der Waals surface area contributed by atoms with Gasteiger partial charge in [-0.15, -0.1) is 0 Å². The molecule has 6 heteroatoms. The summed E-state index contributed by atoms with van der Waals surface area (Å²) in [5.41, 5.74) is 0. The normalized spacial score (nSPS) is 12.7. The van der Waals surface area contributed by atoms with Crippen molar-refractivity contribution in [3.63, 3.8) is 0 Å². The van der Waals surface area contributed by atoms with E-state index in [0.717, 1.165) is 109 Å². The van der Waals surface area contributed by atoms with Gasteiger partial charge in [-0.2, -0.15) is 0 Å². The molecule has 1 N–H and O–H groups in total. The molecule has 0 aromatic carbocycles. The molecular weight excluding hydrogens is 745 g/mol. The summed E-state index contributed by atoms with van der Waals surface area (Å²) in [5.74, 6) is -0.722. The van der Waals surface area contributed by atoms with Crippen LogP contribution in [0.25, 0.3) is 0 Å². The minimum Gasteiger partial charge on any atom is -0.481 e. The van der Waals surface area contributed by atoms with Crippen LogP contribution < -0.4 is 0 Å². The third kappa shape index (κ3) is 45.4. The van der Waals surface area contributed by atoms with Crippen molar-refractivity contribution in [2.24, 2.45) is 0 Å². The number of hydrogen-bond acceptors (Lipinski definition) is 5. The van der Waals surface area contributed by atoms with Crippen molar-refractivity contribution in [2.75, 3.05) is 0 Å². The molecule has 0 aromatic heterocycles. The van der Waals surface area contributed by atoms with Crippen LogP contribution in [0.4, 0.5) is 0 Å². The first-order valence-corrected chi connectivity index (χ1v) is 26.3. The van der Waals surface area contributed by atoms with E-state index in [4.69, 9.17) is 14.6 Å². The van der Waals surface area contributed by atoms with Gasteiger partial charge in [-0.3, -0.25) is 14.4 Å². The first-order valence-electron chi connectivity index (χ1n) is 26.3. The molecule has 0 heterocycles. The molecule has 0 fully saturated rings. The lowest BCUT2D eigenvalue weighted by atomic mass is 10.0. The third-order valence-electron chi connectivity index (χ3n) is 12.0. The van der Waals surface area contributed by atoms with E-state index in [1.54, 1.807) is 0 Å². The Kier molecular flexibility index (Phi) is 46.2. The van der Waals surface area contributed by atoms with E-state index in [1.165, 1.54) is 141 Å². The maximum absolute atomic E-state index is 12.7. The second kappa shape index (κ2) is 47.9. The van der Waals surface area contributed by atoms with Gasteiger partial charge in [-0.25, -0.2) is 0 Å². The number of carboxylic acids is 1. The third-order valence-corrected chi connectivity index (χ3v) is 12.0. The molecule has 2 atom stereocenters. The Labute approximate surface area is 372 Å². The molecule has 0 radical (unpaired) electrons. The number of carbonyl (C=O) groups is 3. The monoisotopic (exact) mass is 845 g/mol. The molecule has 0 amide bonds. The fourth-order valence-corrected chi connectivity index (χ4v) is 8.05. The van der Waals surface area contributed by atoms with E-state index in [9.17, 15) is 14.4 Å². The van der Waals surface area contributed by atoms with Gasteiger partial charge in [0.05, 0.1) is 0 Å². The van der Waals surface area contributed by atoms with E-state index in [0.29, 0.717) is 12.8 Å². The second-order valence-corrected chi connectivity index (χ2v) is 18.0. The summed E-state index contributed by atoms with van der Waals surface area (Å²) in [4.78, 5) is 36.1. The van der Waals surface area contributed by atoms with Crippen molar-refractivity contribution in [3.05, 3.63) is 24.3 Å². The van der Waals surface area contributed by atoms with Gasteiger partial charge in [0, 0.05) is 25.7 Å². The van der Waals surface area contributed by atoms with Gasteiger partial charge in [0.25, 0.3) is 0 Å². The quantitative estimate of drug-likeness (QED) is 0.0373. The molecule has 352 valence electrons. The molecule has 0 saturated heterocycles. The van der Waals surface area contributed by atoms with Crippen molar-refractivity contribution in [3.8, 4) is 0 Å². The smallest absolute Gasteiger partial charge is 0.306 e. The Bertz CT molecular complexity index is 989. The average Bonchev–Trinajstić information content (AvgIpc) is 3.23. The lowest BCUT2D eigenvalue weighted by Crippen LogP contribution is -2.18. The van der Waals surface area contributed by atoms with E-state index in [1.807, 2.05) is 0 Å². The maximum Gasteiger partial charge on any atom is 0.306 e. The predicted octanol–water partition coefficient (Wildman–Crippen LogP) is 17.5. The zero-order valence-electron chi connectivity index (χ0n) is 40.2. The van der Waals surface area contributed by atoms with Crippen LogP contribution in [0.1, 0.15) is 290 Å². The molecular formula is C54H100O6. The molecule has 60 heavy (non-hydrogen) atoms. The number of aliphatic carboxylic acids is 1. The SMILES string of the molecule is CCCCCCCC/C=C/CCCCCCCC(=O)OC(C/C=C/CCCCCCCC(=O)OC(CCCCCC)CCCCCCCCCCC(=O)O)CCCCCC. The minimum atomic E-state index is -0.691. The Hall–Kier alpha value is -2.11. The van der Waals surface area contributed by atoms with E-state index >= 15 is 0 Å². The highest BCUT2D eigenvalue weighted by molar-refractivity contribution is 5.69. The van der Waals surface area contributed by atoms with Crippen LogP contribution >= 0.6 is 0 Å². The van der Waals surface area contributed by atoms with E-state index in [-0.39, 0.29) is 30.6 Å². The van der Waals surface area contributed by atoms with Gasteiger partial charge in [0.2, 0.25) is 0 Å². The summed E-state index contributed by atoms with van der Waals surface area (Å²) in [5, 5.41) is 8.76. The van der Waals surface area contributed by atoms with Crippen molar-refractivity contribution in [1.29, 1.82) is 0 Å². The van der Waals surface area contributed by atoms with Crippen LogP contribution in [0, 0.1) is 0 Å². The highest BCUT2D eigenvalue weighted by atomic mass is 16.5. The maximum atomic E-state index is 12.7. The minimum absolute atomic E-state index is 0.00333. The number of ether oxygens (including phenoxy) is 2. The molecule has 0 aromatic rings. The zero-order valence-corrected chi connectivity index (χ0v) is 40.2. The largest absolute Gasteiger partial charge is 0.481 e. The number of unbranched alkanes of at least 4 members (excludes halogenated alkanes) is 29. The molecule has 0 aliphatic rings. The van der Waals surface area contributed by atoms with Crippen LogP contribution in [0.3, 0.4) is 0 Å². The van der Waals surface area contributed by atoms with Crippen LogP contribution in [0.15, 0.2) is 24.3 Å². The van der Waals surface area contributed by atoms with Crippen molar-refractivity contribution < 1.29 is 29.0 Å². The zero-order chi connectivity index (χ0) is 43.8. The topological polar surface area (TPSA) is 89.9 Å². The van der Waals surface area contributed by atoms with Gasteiger partial charge < -0.3 is 14.6 Å². The highest BCUT2D eigenvalue weighted by Gasteiger charge is 2.15. The summed E-state index contributed by atoms with van der Waals surface area (Å²) in [7, 11) is 0. The van der Waals surface area contributed by atoms with Gasteiger partial charge in [0.15, 0.2) is 0 Å². The molecule has 2 unspecified atom stereocenters. The number of hydrogen-bond donors (Lipinski definition) is 1. The first-order chi connectivity index (χ1) is 29.4. The van der Waals surface area contributed by atoms with Gasteiger partial charge >= 0.3 is 17.9 Å². The van der Waals surface area contributed by atoms with Gasteiger partial charge in [-0.05, 0) is 96.3 Å². The number of carboxylic acid groups (broad SMARTS) is 1. The fourth-order valence-electron chi connectivity index (χ4n) is 8.05. The van der Waals surface area contributed by atoms with E-state index in [2.05, 4.69) is 45.1 Å². The average molecular weight is 845 g/mol. The Balaban J connectivity index is 4.18. The number of carbonyl (C=O) groups excluding carboxylic acids is 2. The van der Waals surface area contributed by atoms with Crippen LogP contribution in [0.2, 0.25) is 0 Å². The van der Waals surface area contributed by atoms with Gasteiger partial charge in [-0.1, -0.05) is 193 Å². The Morgan fingerprint density at radius 3 is 1.08 bits per heavy atom. The summed E-state index contributed by atoms with van der Waals surface area (Å²) >= 11 is 0. The predicted molar refractivity (Wildman–Crippen MR) is 257 cm³/mol. The number of allylic oxidation sites excluding steroid dienone is 3. The fraction of sp³-hybridized carbons (Fsp3) is 0.870. The number of esters is 2. The van der Waals surface area contributed by atoms with Crippen LogP contribution in [-0.4, -0.2) is 35.2 Å². The lowest BCUT2D eigenvalue weighted by Gasteiger charge is -2.18. The molecule has 0 saturated carbocycles. The summed E-state index contributed by atoms with van der Waals surface area (Å²) in [6.07, 6.45) is 55.8. The standard InChI is InChI=1S/C54H100O6/c1-4-7-10-13-14-15-16-17-18-19-20-21-29-34-41-48-53(57)59-51(44-37-12-9-6-3)46-39-32-27-23-25-30-35-42-49-54(58)60-50(43-36-11-8-5-2)45-38-31-26-22-24-28-33-40-47-52(55)56/h17-18,32,39,50-51H,4-16,19-31,33-38,40-49H2,1-3H3,(H,55,56)/b18-17+,39-32+. The molecule has 0 bridgehead atoms.